The van der Waals surface area contributed by atoms with Crippen LogP contribution in [0.3, 0.4) is 0 Å². The topological polar surface area (TPSA) is 232 Å². The van der Waals surface area contributed by atoms with Gasteiger partial charge in [-0.1, -0.05) is 205 Å². The minimum Gasteiger partial charge on any atom is -0.310 e. The summed E-state index contributed by atoms with van der Waals surface area (Å²) in [6, 6.07) is 73.7. The maximum atomic E-state index is 12.2. The summed E-state index contributed by atoms with van der Waals surface area (Å²) in [4.78, 5) is 97.5. The van der Waals surface area contributed by atoms with Gasteiger partial charge in [0.1, 0.15) is 23.3 Å². The van der Waals surface area contributed by atoms with Crippen LogP contribution in [0.15, 0.2) is 288 Å². The van der Waals surface area contributed by atoms with E-state index in [2.05, 4.69) is 194 Å². The molecule has 13 aromatic rings. The maximum absolute atomic E-state index is 12.2. The first kappa shape index (κ1) is 69.3. The van der Waals surface area contributed by atoms with Crippen LogP contribution >= 0.6 is 0 Å². The van der Waals surface area contributed by atoms with E-state index >= 15 is 0 Å². The molecule has 0 amide bonds. The third-order valence-corrected chi connectivity index (χ3v) is 18.9. The van der Waals surface area contributed by atoms with Gasteiger partial charge in [0, 0.05) is 85.3 Å². The van der Waals surface area contributed by atoms with Crippen molar-refractivity contribution in [1.29, 1.82) is 0 Å². The van der Waals surface area contributed by atoms with E-state index in [0.29, 0.717) is 53.1 Å². The zero-order valence-corrected chi connectivity index (χ0v) is 58.9. The normalized spacial score (nSPS) is 13.7. The number of H-pyrrole nitrogens is 4. The molecule has 0 unspecified atom stereocenters. The number of aromatic nitrogens is 8. The molecule has 9 aromatic carbocycles. The molecule has 8 heterocycles. The molecule has 105 heavy (non-hydrogen) atoms. The maximum Gasteiger partial charge on any atom is 0.258 e. The number of hydrogen-bond acceptors (Lipinski definition) is 12. The minimum atomic E-state index is -0.0821. The van der Waals surface area contributed by atoms with E-state index in [1.165, 1.54) is 33.4 Å². The molecule has 0 spiro atoms. The summed E-state index contributed by atoms with van der Waals surface area (Å²) < 4.78 is 0. The van der Waals surface area contributed by atoms with Crippen LogP contribution in [0.4, 0.5) is 0 Å². The van der Waals surface area contributed by atoms with E-state index in [1.54, 1.807) is 24.3 Å². The highest BCUT2D eigenvalue weighted by Crippen LogP contribution is 2.30. The molecule has 0 saturated heterocycles. The molecule has 0 saturated carbocycles. The molecule has 0 aliphatic carbocycles. The largest absolute Gasteiger partial charge is 0.310 e. The summed E-state index contributed by atoms with van der Waals surface area (Å²) in [6.45, 7) is 6.28. The van der Waals surface area contributed by atoms with Crippen LogP contribution in [0.2, 0.25) is 0 Å². The number of nitrogens with one attached hydrogen (secondary N) is 4. The molecule has 0 bridgehead atoms. The van der Waals surface area contributed by atoms with Crippen LogP contribution in [0.1, 0.15) is 114 Å². The lowest BCUT2D eigenvalue weighted by molar-refractivity contribution is 0.896. The number of allylic oxidation sites excluding steroid dienone is 4. The molecular weight excluding hydrogens is 1300 g/mol. The van der Waals surface area contributed by atoms with Crippen molar-refractivity contribution in [3.8, 4) is 11.1 Å². The second kappa shape index (κ2) is 32.4. The fraction of sp³-hybridized carbons (Fsp3) is 0.169. The monoisotopic (exact) mass is 1380 g/mol. The zero-order chi connectivity index (χ0) is 72.0. The van der Waals surface area contributed by atoms with Gasteiger partial charge in [-0.2, -0.15) is 0 Å². The van der Waals surface area contributed by atoms with Crippen molar-refractivity contribution in [3.63, 3.8) is 0 Å². The van der Waals surface area contributed by atoms with Crippen molar-refractivity contribution >= 4 is 89.2 Å². The quantitative estimate of drug-likeness (QED) is 0.0683. The van der Waals surface area contributed by atoms with E-state index in [9.17, 15) is 19.2 Å². The van der Waals surface area contributed by atoms with Gasteiger partial charge in [-0.3, -0.25) is 39.1 Å². The Morgan fingerprint density at radius 1 is 0.276 bits per heavy atom. The lowest BCUT2D eigenvalue weighted by atomic mass is 10.0. The third-order valence-electron chi connectivity index (χ3n) is 18.9. The van der Waals surface area contributed by atoms with E-state index in [1.807, 2.05) is 91.0 Å². The molecule has 4 aliphatic rings. The van der Waals surface area contributed by atoms with Crippen molar-refractivity contribution in [2.75, 3.05) is 0 Å². The third kappa shape index (κ3) is 17.4. The summed E-state index contributed by atoms with van der Waals surface area (Å²) >= 11 is 0. The van der Waals surface area contributed by atoms with Gasteiger partial charge in [-0.15, -0.1) is 0 Å². The number of aromatic amines is 4. The van der Waals surface area contributed by atoms with Crippen molar-refractivity contribution in [3.05, 3.63) is 352 Å². The average molecular weight is 1380 g/mol. The molecule has 0 fully saturated rings. The molecule has 0 radical (unpaired) electrons. The number of aryl methyl sites for hydroxylation is 7. The fourth-order valence-corrected chi connectivity index (χ4v) is 13.2. The van der Waals surface area contributed by atoms with Crippen molar-refractivity contribution in [2.45, 2.75) is 97.8 Å². The Morgan fingerprint density at radius 3 is 0.990 bits per heavy atom. The zero-order valence-electron chi connectivity index (χ0n) is 58.9. The van der Waals surface area contributed by atoms with Gasteiger partial charge in [0.05, 0.1) is 66.4 Å². The van der Waals surface area contributed by atoms with Crippen molar-refractivity contribution < 1.29 is 0 Å². The van der Waals surface area contributed by atoms with Crippen molar-refractivity contribution in [2.24, 2.45) is 20.0 Å². The van der Waals surface area contributed by atoms with Crippen LogP contribution < -0.4 is 22.2 Å². The average Bonchev–Trinajstić information content (AvgIpc) is 0.873. The van der Waals surface area contributed by atoms with Gasteiger partial charge in [0.15, 0.2) is 0 Å². The first-order chi connectivity index (χ1) is 51.3. The van der Waals surface area contributed by atoms with E-state index < -0.39 is 0 Å². The smallest absolute Gasteiger partial charge is 0.258 e. The number of nitrogens with zero attached hydrogens (tertiary/aromatic N) is 8. The van der Waals surface area contributed by atoms with Crippen LogP contribution in [0.5, 0.6) is 0 Å². The predicted molar refractivity (Wildman–Crippen MR) is 428 cm³/mol. The van der Waals surface area contributed by atoms with Crippen LogP contribution in [-0.4, -0.2) is 62.7 Å². The molecule has 16 nitrogen and oxygen atoms in total. The van der Waals surface area contributed by atoms with Crippen LogP contribution in [0.25, 0.3) is 77.5 Å². The molecule has 4 aromatic heterocycles. The minimum absolute atomic E-state index is 0.0762. The number of aliphatic imine (C=N–C) groups is 4. The number of fused-ring (bicyclic) bond motifs is 4. The van der Waals surface area contributed by atoms with Crippen LogP contribution in [0, 0.1) is 20.8 Å². The van der Waals surface area contributed by atoms with E-state index in [-0.39, 0.29) is 22.2 Å². The first-order valence-electron chi connectivity index (χ1n) is 35.7. The number of hydrogen-bond donors (Lipinski definition) is 4. The first-order valence-corrected chi connectivity index (χ1v) is 35.7. The van der Waals surface area contributed by atoms with Gasteiger partial charge in [-0.25, -0.2) is 19.9 Å². The summed E-state index contributed by atoms with van der Waals surface area (Å²) in [5.41, 5.74) is 22.1. The highest BCUT2D eigenvalue weighted by atomic mass is 16.1. The Morgan fingerprint density at radius 2 is 0.590 bits per heavy atom. The number of rotatable bonds is 17. The van der Waals surface area contributed by atoms with E-state index in [0.717, 1.165) is 153 Å². The number of para-hydroxylation sites is 4. The second-order valence-corrected chi connectivity index (χ2v) is 26.5. The lowest BCUT2D eigenvalue weighted by Crippen LogP contribution is -2.12. The molecule has 4 aliphatic heterocycles. The van der Waals surface area contributed by atoms with E-state index in [4.69, 9.17) is 20.0 Å². The number of benzene rings is 9. The van der Waals surface area contributed by atoms with Gasteiger partial charge in [0.2, 0.25) is 0 Å². The predicted octanol–water partition coefficient (Wildman–Crippen LogP) is 17.6. The SMILES string of the molecule is Cc1ccc(C2=CCC(CCc3nc4ccccc4c(=O)[nH]3)=N2)cc1.Cc1cccc(C2=CCC(CCc3nc4ccccc4c(=O)[nH]3)=N2)c1.Cc1ccccc1C1=CCC(CCc2nc3ccccc3c(=O)[nH]2)=N1.O=c1[nH]c(CCC2=NC(c3ccc(-c4ccccc4)cc3)=CC2)nc2ccccc12. The van der Waals surface area contributed by atoms with Crippen LogP contribution in [-0.2, 0) is 25.7 Å². The Bertz CT molecular complexity index is 5930. The Kier molecular flexibility index (Phi) is 21.4. The molecule has 518 valence electrons. The van der Waals surface area contributed by atoms with Gasteiger partial charge in [-0.05, 0) is 129 Å². The molecule has 17 rings (SSSR count). The summed E-state index contributed by atoms with van der Waals surface area (Å²) in [6.07, 6.45) is 18.0. The van der Waals surface area contributed by atoms with Gasteiger partial charge in [0.25, 0.3) is 22.2 Å². The highest BCUT2D eigenvalue weighted by Gasteiger charge is 2.18. The molecular formula is C89H78N12O4. The molecule has 4 N–H and O–H groups in total. The molecule has 16 heteroatoms. The highest BCUT2D eigenvalue weighted by molar-refractivity contribution is 5.99. The Labute approximate surface area is 607 Å². The lowest BCUT2D eigenvalue weighted by Gasteiger charge is -2.05. The molecule has 0 atom stereocenters. The standard InChI is InChI=1S/C26H21N3O.3C21H19N3O/c30-26-22-8-4-5-9-24(22)28-25(29-26)17-15-21-14-16-23(27-21)20-12-10-19(11-13-20)18-6-2-1-3-7-18;1-14-5-4-6-15(13-14)18-11-9-16(22-18)10-12-20-23-19-8-3-2-7-17(19)21(25)24-20;1-14-6-2-3-7-16(14)19-12-10-15(22-19)11-13-20-23-18-9-5-4-8-17(18)21(25)24-20;1-14-6-8-15(9-7-14)18-12-10-16(22-18)11-13-20-23-19-5-3-2-4-17(19)21(25)24-20/h1-13,16H,14-15,17H2,(H,28,29,30);2-8,11,13H,9-10,12H2,1H3,(H,23,24,25);2*2-9,12H,10-11,13H2,1H3,(H,23,24,25). The second-order valence-electron chi connectivity index (χ2n) is 26.5. The Hall–Kier alpha value is -12.8. The van der Waals surface area contributed by atoms with Gasteiger partial charge >= 0.3 is 0 Å². The van der Waals surface area contributed by atoms with Crippen molar-refractivity contribution in [1.82, 2.24) is 39.9 Å². The Balaban J connectivity index is 0.000000118. The summed E-state index contributed by atoms with van der Waals surface area (Å²) in [5.74, 6) is 2.86. The summed E-state index contributed by atoms with van der Waals surface area (Å²) in [5, 5.41) is 2.52. The summed E-state index contributed by atoms with van der Waals surface area (Å²) in [7, 11) is 0. The van der Waals surface area contributed by atoms with Gasteiger partial charge < -0.3 is 19.9 Å². The fourth-order valence-electron chi connectivity index (χ4n) is 13.2.